The van der Waals surface area contributed by atoms with Crippen molar-refractivity contribution >= 4 is 17.5 Å². The van der Waals surface area contributed by atoms with Crippen LogP contribution < -0.4 is 10.8 Å². The van der Waals surface area contributed by atoms with Crippen LogP contribution >= 0.6 is 0 Å². The number of aryl methyl sites for hydroxylation is 1. The quantitative estimate of drug-likeness (QED) is 0.395. The van der Waals surface area contributed by atoms with E-state index in [4.69, 9.17) is 9.57 Å². The van der Waals surface area contributed by atoms with Crippen LogP contribution in [0.2, 0.25) is 0 Å². The molecule has 1 saturated heterocycles. The Kier molecular flexibility index (Phi) is 9.11. The molecule has 2 atom stereocenters. The minimum absolute atomic E-state index is 0.00457. The van der Waals surface area contributed by atoms with Gasteiger partial charge >= 0.3 is 0 Å². The van der Waals surface area contributed by atoms with Crippen molar-refractivity contribution in [2.75, 3.05) is 11.9 Å². The number of aliphatic hydroxyl groups is 1. The highest BCUT2D eigenvalue weighted by molar-refractivity contribution is 5.90. The van der Waals surface area contributed by atoms with Gasteiger partial charge in [-0.15, -0.1) is 0 Å². The smallest absolute Gasteiger partial charge is 0.243 e. The number of unbranched alkanes of at least 4 members (excludes halogenated alkanes) is 3. The highest BCUT2D eigenvalue weighted by Gasteiger charge is 2.18. The van der Waals surface area contributed by atoms with Crippen LogP contribution in [0, 0.1) is 0 Å². The molecule has 3 N–H and O–H groups in total. The molecule has 3 rings (SSSR count). The van der Waals surface area contributed by atoms with Crippen molar-refractivity contribution in [1.29, 1.82) is 0 Å². The fourth-order valence-electron chi connectivity index (χ4n) is 4.00. The van der Waals surface area contributed by atoms with Crippen molar-refractivity contribution in [1.82, 2.24) is 5.48 Å². The first kappa shape index (κ1) is 22.7. The van der Waals surface area contributed by atoms with Gasteiger partial charge < -0.3 is 15.2 Å². The van der Waals surface area contributed by atoms with Crippen LogP contribution in [0.15, 0.2) is 18.2 Å². The molecule has 0 saturated carbocycles. The molecule has 7 nitrogen and oxygen atoms in total. The van der Waals surface area contributed by atoms with Gasteiger partial charge in [-0.05, 0) is 68.2 Å². The summed E-state index contributed by atoms with van der Waals surface area (Å²) in [6.45, 7) is 0.684. The van der Waals surface area contributed by atoms with Gasteiger partial charge in [0.05, 0.1) is 6.10 Å². The maximum absolute atomic E-state index is 12.2. The van der Waals surface area contributed by atoms with Crippen molar-refractivity contribution in [3.8, 4) is 0 Å². The summed E-state index contributed by atoms with van der Waals surface area (Å²) in [5.74, 6) is -0.121. The van der Waals surface area contributed by atoms with E-state index in [0.717, 1.165) is 81.0 Å². The molecule has 1 heterocycles. The normalized spacial score (nSPS) is 21.0. The topological polar surface area (TPSA) is 96.9 Å². The third-order valence-electron chi connectivity index (χ3n) is 5.71. The van der Waals surface area contributed by atoms with Gasteiger partial charge in [0, 0.05) is 31.6 Å². The Hall–Kier alpha value is -1.96. The van der Waals surface area contributed by atoms with Crippen LogP contribution in [0.1, 0.15) is 87.9 Å². The highest BCUT2D eigenvalue weighted by Crippen LogP contribution is 2.31. The summed E-state index contributed by atoms with van der Waals surface area (Å²) in [4.78, 5) is 29.2. The first-order chi connectivity index (χ1) is 14.6. The van der Waals surface area contributed by atoms with Gasteiger partial charge in [0.15, 0.2) is 6.29 Å². The van der Waals surface area contributed by atoms with Gasteiger partial charge in [0.2, 0.25) is 11.8 Å². The van der Waals surface area contributed by atoms with Crippen molar-refractivity contribution < 1.29 is 24.3 Å². The van der Waals surface area contributed by atoms with Gasteiger partial charge in [0.1, 0.15) is 0 Å². The lowest BCUT2D eigenvalue weighted by molar-refractivity contribution is -0.200. The van der Waals surface area contributed by atoms with Crippen molar-refractivity contribution in [2.24, 2.45) is 0 Å². The van der Waals surface area contributed by atoms with E-state index in [9.17, 15) is 14.7 Å². The molecule has 0 spiro atoms. The molecule has 0 radical (unpaired) electrons. The molecule has 166 valence electrons. The standard InChI is InChI=1S/C23H34N2O5/c26-20-9-7-8-17-16-18(13-14-19(17)20)24-21(27)10-3-1-2-4-11-22(28)25-30-23-12-5-6-15-29-23/h13-14,16,20,23,26H,1-12,15H2,(H,24,27)(H,25,28). The Bertz CT molecular complexity index is 703. The Labute approximate surface area is 178 Å². The lowest BCUT2D eigenvalue weighted by Gasteiger charge is -2.22. The number of benzene rings is 1. The number of fused-ring (bicyclic) bond motifs is 1. The van der Waals surface area contributed by atoms with E-state index in [0.29, 0.717) is 19.4 Å². The summed E-state index contributed by atoms with van der Waals surface area (Å²) in [6, 6.07) is 5.77. The minimum Gasteiger partial charge on any atom is -0.388 e. The average molecular weight is 419 g/mol. The number of carbonyl (C=O) groups is 2. The number of hydrogen-bond acceptors (Lipinski definition) is 5. The number of aliphatic hydroxyl groups excluding tert-OH is 1. The second kappa shape index (κ2) is 12.0. The lowest BCUT2D eigenvalue weighted by Crippen LogP contribution is -2.32. The molecule has 1 aromatic carbocycles. The van der Waals surface area contributed by atoms with Crippen LogP contribution in [0.3, 0.4) is 0 Å². The van der Waals surface area contributed by atoms with Crippen molar-refractivity contribution in [2.45, 2.75) is 89.4 Å². The van der Waals surface area contributed by atoms with E-state index in [1.165, 1.54) is 0 Å². The molecule has 0 aromatic heterocycles. The van der Waals surface area contributed by atoms with Gasteiger partial charge in [-0.1, -0.05) is 18.9 Å². The molecule has 1 aliphatic heterocycles. The highest BCUT2D eigenvalue weighted by atomic mass is 16.8. The van der Waals surface area contributed by atoms with Crippen LogP contribution in [0.4, 0.5) is 5.69 Å². The van der Waals surface area contributed by atoms with E-state index < -0.39 is 0 Å². The molecule has 1 aromatic rings. The number of carbonyl (C=O) groups excluding carboxylic acids is 2. The maximum atomic E-state index is 12.2. The monoisotopic (exact) mass is 418 g/mol. The van der Waals surface area contributed by atoms with Crippen LogP contribution in [0.25, 0.3) is 0 Å². The molecule has 2 amide bonds. The number of anilines is 1. The molecule has 2 aliphatic rings. The van der Waals surface area contributed by atoms with Gasteiger partial charge in [-0.2, -0.15) is 0 Å². The predicted molar refractivity (Wildman–Crippen MR) is 113 cm³/mol. The Morgan fingerprint density at radius 1 is 1.03 bits per heavy atom. The zero-order valence-electron chi connectivity index (χ0n) is 17.7. The third kappa shape index (κ3) is 7.38. The first-order valence-corrected chi connectivity index (χ1v) is 11.3. The van der Waals surface area contributed by atoms with Gasteiger partial charge in [0.25, 0.3) is 0 Å². The van der Waals surface area contributed by atoms with Gasteiger partial charge in [-0.25, -0.2) is 10.3 Å². The van der Waals surface area contributed by atoms with E-state index in [1.54, 1.807) is 0 Å². The van der Waals surface area contributed by atoms with E-state index in [2.05, 4.69) is 10.8 Å². The first-order valence-electron chi connectivity index (χ1n) is 11.3. The second-order valence-electron chi connectivity index (χ2n) is 8.22. The zero-order chi connectivity index (χ0) is 21.2. The van der Waals surface area contributed by atoms with E-state index in [-0.39, 0.29) is 24.2 Å². The summed E-state index contributed by atoms with van der Waals surface area (Å²) in [6.07, 6.45) is 9.21. The Morgan fingerprint density at radius 3 is 2.60 bits per heavy atom. The predicted octanol–water partition coefficient (Wildman–Crippen LogP) is 3.91. The molecule has 7 heteroatoms. The van der Waals surface area contributed by atoms with Crippen LogP contribution in [0.5, 0.6) is 0 Å². The van der Waals surface area contributed by atoms with E-state index >= 15 is 0 Å². The SMILES string of the molecule is O=C(CCCCCCC(=O)Nc1ccc2c(c1)CCCC2O)NOC1CCCCO1. The summed E-state index contributed by atoms with van der Waals surface area (Å²) in [7, 11) is 0. The van der Waals surface area contributed by atoms with Crippen molar-refractivity contribution in [3.05, 3.63) is 29.3 Å². The Balaban J connectivity index is 1.23. The number of amides is 2. The molecule has 0 bridgehead atoms. The number of ether oxygens (including phenoxy) is 1. The zero-order valence-corrected chi connectivity index (χ0v) is 17.7. The maximum Gasteiger partial charge on any atom is 0.243 e. The summed E-state index contributed by atoms with van der Waals surface area (Å²) in [5.41, 5.74) is 5.38. The summed E-state index contributed by atoms with van der Waals surface area (Å²) >= 11 is 0. The summed E-state index contributed by atoms with van der Waals surface area (Å²) in [5, 5.41) is 13.0. The minimum atomic E-state index is -0.382. The largest absolute Gasteiger partial charge is 0.388 e. The summed E-state index contributed by atoms with van der Waals surface area (Å²) < 4.78 is 5.40. The average Bonchev–Trinajstić information content (AvgIpc) is 2.75. The molecular formula is C23H34N2O5. The van der Waals surface area contributed by atoms with Crippen LogP contribution in [-0.4, -0.2) is 29.8 Å². The molecule has 30 heavy (non-hydrogen) atoms. The molecular weight excluding hydrogens is 384 g/mol. The molecule has 1 aliphatic carbocycles. The number of hydrogen-bond donors (Lipinski definition) is 3. The lowest BCUT2D eigenvalue weighted by atomic mass is 9.89. The van der Waals surface area contributed by atoms with Crippen LogP contribution in [-0.2, 0) is 25.6 Å². The second-order valence-corrected chi connectivity index (χ2v) is 8.22. The molecule has 2 unspecified atom stereocenters. The Morgan fingerprint density at radius 2 is 1.83 bits per heavy atom. The number of nitrogens with one attached hydrogen (secondary N) is 2. The third-order valence-corrected chi connectivity index (χ3v) is 5.71. The van der Waals surface area contributed by atoms with Crippen molar-refractivity contribution in [3.63, 3.8) is 0 Å². The fraction of sp³-hybridized carbons (Fsp3) is 0.652. The number of hydroxylamine groups is 1. The van der Waals surface area contributed by atoms with E-state index in [1.807, 2.05) is 18.2 Å². The van der Waals surface area contributed by atoms with Gasteiger partial charge in [-0.3, -0.25) is 9.59 Å². The fourth-order valence-corrected chi connectivity index (χ4v) is 4.00. The number of rotatable bonds is 10. The molecule has 1 fully saturated rings.